The average molecular weight is 421 g/mol. The third kappa shape index (κ3) is 4.50. The summed E-state index contributed by atoms with van der Waals surface area (Å²) in [5, 5.41) is 14.2. The third-order valence-corrected chi connectivity index (χ3v) is 5.50. The number of carbonyl (C=O) groups excluding carboxylic acids is 2. The van der Waals surface area contributed by atoms with Crippen LogP contribution >= 0.6 is 0 Å². The molecule has 4 rings (SSSR count). The van der Waals surface area contributed by atoms with Crippen molar-refractivity contribution in [2.24, 2.45) is 0 Å². The number of anilines is 1. The van der Waals surface area contributed by atoms with Crippen LogP contribution < -0.4 is 10.2 Å². The molecule has 0 aliphatic carbocycles. The maximum atomic E-state index is 12.5. The summed E-state index contributed by atoms with van der Waals surface area (Å²) in [5.41, 5.74) is 2.04. The Labute approximate surface area is 178 Å². The van der Waals surface area contributed by atoms with E-state index in [1.165, 1.54) is 18.3 Å². The van der Waals surface area contributed by atoms with E-state index in [1.807, 2.05) is 23.1 Å². The number of non-ortho nitro benzene ring substituents is 1. The van der Waals surface area contributed by atoms with Gasteiger partial charge in [-0.2, -0.15) is 0 Å². The molecule has 1 aliphatic heterocycles. The number of hydrogen-bond donors (Lipinski definition) is 2. The summed E-state index contributed by atoms with van der Waals surface area (Å²) in [6.45, 7) is 3.05. The normalized spacial score (nSPS) is 13.9. The van der Waals surface area contributed by atoms with E-state index in [4.69, 9.17) is 0 Å². The molecule has 0 spiro atoms. The summed E-state index contributed by atoms with van der Waals surface area (Å²) < 4.78 is 0. The number of piperazine rings is 1. The fraction of sp³-hybridized carbons (Fsp3) is 0.273. The molecular formula is C22H23N5O4. The first-order chi connectivity index (χ1) is 15.0. The zero-order valence-electron chi connectivity index (χ0n) is 16.9. The van der Waals surface area contributed by atoms with E-state index < -0.39 is 4.92 Å². The van der Waals surface area contributed by atoms with Crippen LogP contribution in [0.3, 0.4) is 0 Å². The summed E-state index contributed by atoms with van der Waals surface area (Å²) in [4.78, 5) is 42.6. The number of aromatic nitrogens is 1. The molecule has 0 atom stereocenters. The fourth-order valence-corrected chi connectivity index (χ4v) is 3.80. The summed E-state index contributed by atoms with van der Waals surface area (Å²) >= 11 is 0. The zero-order valence-corrected chi connectivity index (χ0v) is 16.9. The summed E-state index contributed by atoms with van der Waals surface area (Å²) in [7, 11) is 0. The van der Waals surface area contributed by atoms with Crippen LogP contribution in [0.15, 0.2) is 54.7 Å². The van der Waals surface area contributed by atoms with Crippen molar-refractivity contribution in [1.29, 1.82) is 0 Å². The van der Waals surface area contributed by atoms with Crippen molar-refractivity contribution in [2.75, 3.05) is 37.6 Å². The number of benzene rings is 2. The van der Waals surface area contributed by atoms with Crippen molar-refractivity contribution in [3.8, 4) is 0 Å². The van der Waals surface area contributed by atoms with Crippen molar-refractivity contribution in [2.45, 2.75) is 6.42 Å². The smallest absolute Gasteiger partial charge is 0.270 e. The second-order valence-electron chi connectivity index (χ2n) is 7.40. The first-order valence-electron chi connectivity index (χ1n) is 10.1. The highest BCUT2D eigenvalue weighted by atomic mass is 16.6. The number of para-hydroxylation sites is 1. The van der Waals surface area contributed by atoms with Gasteiger partial charge in [0.05, 0.1) is 10.5 Å². The summed E-state index contributed by atoms with van der Waals surface area (Å²) in [5.74, 6) is -0.365. The molecule has 1 aromatic heterocycles. The molecule has 2 heterocycles. The van der Waals surface area contributed by atoms with Gasteiger partial charge in [0.15, 0.2) is 0 Å². The number of nitrogens with one attached hydrogen (secondary N) is 2. The Hall–Kier alpha value is -3.88. The molecule has 1 aliphatic rings. The van der Waals surface area contributed by atoms with Gasteiger partial charge in [0.25, 0.3) is 11.6 Å². The molecule has 0 bridgehead atoms. The van der Waals surface area contributed by atoms with Gasteiger partial charge >= 0.3 is 0 Å². The Bertz CT molecular complexity index is 1100. The maximum Gasteiger partial charge on any atom is 0.270 e. The van der Waals surface area contributed by atoms with Crippen molar-refractivity contribution < 1.29 is 14.5 Å². The first-order valence-corrected chi connectivity index (χ1v) is 10.1. The molecule has 0 unspecified atom stereocenters. The molecule has 0 saturated carbocycles. The van der Waals surface area contributed by atoms with Gasteiger partial charge in [-0.1, -0.05) is 18.2 Å². The van der Waals surface area contributed by atoms with E-state index in [2.05, 4.69) is 27.3 Å². The van der Waals surface area contributed by atoms with Crippen molar-refractivity contribution in [3.63, 3.8) is 0 Å². The Morgan fingerprint density at radius 3 is 2.52 bits per heavy atom. The lowest BCUT2D eigenvalue weighted by atomic mass is 10.1. The second-order valence-corrected chi connectivity index (χ2v) is 7.40. The molecule has 2 aromatic carbocycles. The predicted molar refractivity (Wildman–Crippen MR) is 117 cm³/mol. The molecule has 1 fully saturated rings. The molecule has 2 amide bonds. The van der Waals surface area contributed by atoms with Crippen molar-refractivity contribution in [3.05, 3.63) is 70.4 Å². The minimum absolute atomic E-state index is 0.00239. The molecule has 9 heteroatoms. The number of fused-ring (bicyclic) bond motifs is 1. The highest BCUT2D eigenvalue weighted by Gasteiger charge is 2.21. The maximum absolute atomic E-state index is 12.5. The van der Waals surface area contributed by atoms with Crippen LogP contribution in [0.25, 0.3) is 10.9 Å². The largest absolute Gasteiger partial charge is 0.368 e. The van der Waals surface area contributed by atoms with Gasteiger partial charge in [-0.3, -0.25) is 19.7 Å². The monoisotopic (exact) mass is 421 g/mol. The average Bonchev–Trinajstić information content (AvgIpc) is 3.23. The van der Waals surface area contributed by atoms with E-state index in [9.17, 15) is 19.7 Å². The number of nitro benzene ring substituents is 1. The van der Waals surface area contributed by atoms with Crippen LogP contribution in [0, 0.1) is 10.1 Å². The third-order valence-electron chi connectivity index (χ3n) is 5.50. The van der Waals surface area contributed by atoms with Crippen LogP contribution in [-0.4, -0.2) is 59.3 Å². The van der Waals surface area contributed by atoms with Gasteiger partial charge in [0.1, 0.15) is 0 Å². The number of hydrogen-bond acceptors (Lipinski definition) is 5. The molecule has 2 N–H and O–H groups in total. The molecule has 31 heavy (non-hydrogen) atoms. The fourth-order valence-electron chi connectivity index (χ4n) is 3.80. The van der Waals surface area contributed by atoms with Gasteiger partial charge in [-0.15, -0.1) is 0 Å². The molecular weight excluding hydrogens is 398 g/mol. The van der Waals surface area contributed by atoms with Crippen LogP contribution in [0.4, 0.5) is 11.4 Å². The van der Waals surface area contributed by atoms with E-state index in [0.717, 1.165) is 18.8 Å². The summed E-state index contributed by atoms with van der Waals surface area (Å²) in [6, 6.07) is 14.4. The first kappa shape index (κ1) is 20.4. The topological polar surface area (TPSA) is 112 Å². The lowest BCUT2D eigenvalue weighted by Crippen LogP contribution is -2.49. The van der Waals surface area contributed by atoms with Crippen molar-refractivity contribution >= 4 is 34.1 Å². The SMILES string of the molecule is O=C(NCCC(=O)N1CCN(c2ccccc2)CC1)c1c[nH]c2ccc([N+](=O)[O-])cc12. The number of nitro groups is 1. The molecule has 3 aromatic rings. The van der Waals surface area contributed by atoms with Gasteiger partial charge in [0, 0.05) is 74.1 Å². The Morgan fingerprint density at radius 1 is 1.06 bits per heavy atom. The highest BCUT2D eigenvalue weighted by Crippen LogP contribution is 2.23. The number of rotatable bonds is 6. The van der Waals surface area contributed by atoms with Gasteiger partial charge in [0.2, 0.25) is 5.91 Å². The standard InChI is InChI=1S/C22H23N5O4/c28-21(26-12-10-25(11-13-26)16-4-2-1-3-5-16)8-9-23-22(29)19-15-24-20-7-6-17(27(30)31)14-18(19)20/h1-7,14-15,24H,8-13H2,(H,23,29). The van der Waals surface area contributed by atoms with E-state index in [-0.39, 0.29) is 30.5 Å². The second kappa shape index (κ2) is 8.86. The van der Waals surface area contributed by atoms with Gasteiger partial charge in [-0.05, 0) is 18.2 Å². The number of aromatic amines is 1. The van der Waals surface area contributed by atoms with Crippen LogP contribution in [0.2, 0.25) is 0 Å². The molecule has 9 nitrogen and oxygen atoms in total. The number of H-pyrrole nitrogens is 1. The summed E-state index contributed by atoms with van der Waals surface area (Å²) in [6.07, 6.45) is 1.73. The van der Waals surface area contributed by atoms with Crippen LogP contribution in [-0.2, 0) is 4.79 Å². The number of nitrogens with zero attached hydrogens (tertiary/aromatic N) is 3. The minimum Gasteiger partial charge on any atom is -0.368 e. The Kier molecular flexibility index (Phi) is 5.83. The predicted octanol–water partition coefficient (Wildman–Crippen LogP) is 2.54. The minimum atomic E-state index is -0.496. The zero-order chi connectivity index (χ0) is 21.8. The number of carbonyl (C=O) groups is 2. The van der Waals surface area contributed by atoms with E-state index in [1.54, 1.807) is 6.07 Å². The lowest BCUT2D eigenvalue weighted by Gasteiger charge is -2.36. The lowest BCUT2D eigenvalue weighted by molar-refractivity contribution is -0.384. The molecule has 0 radical (unpaired) electrons. The quantitative estimate of drug-likeness (QED) is 0.469. The molecule has 160 valence electrons. The molecule has 1 saturated heterocycles. The highest BCUT2D eigenvalue weighted by molar-refractivity contribution is 6.07. The van der Waals surface area contributed by atoms with Crippen molar-refractivity contribution in [1.82, 2.24) is 15.2 Å². The van der Waals surface area contributed by atoms with Gasteiger partial charge < -0.3 is 20.1 Å². The van der Waals surface area contributed by atoms with Crippen LogP contribution in [0.1, 0.15) is 16.8 Å². The van der Waals surface area contributed by atoms with Crippen LogP contribution in [0.5, 0.6) is 0 Å². The van der Waals surface area contributed by atoms with E-state index in [0.29, 0.717) is 29.6 Å². The van der Waals surface area contributed by atoms with E-state index >= 15 is 0 Å². The Balaban J connectivity index is 1.28. The van der Waals surface area contributed by atoms with Gasteiger partial charge in [-0.25, -0.2) is 0 Å². The number of amides is 2. The Morgan fingerprint density at radius 2 is 1.81 bits per heavy atom.